The molecule has 3 rings (SSSR count). The van der Waals surface area contributed by atoms with Crippen LogP contribution in [0.3, 0.4) is 0 Å². The number of alkyl halides is 4. The minimum Gasteiger partial charge on any atom is -0.454 e. The Bertz CT molecular complexity index is 1030. The maximum Gasteiger partial charge on any atom is 0.291 e. The molecule has 156 valence electrons. The number of amides is 1. The highest BCUT2D eigenvalue weighted by molar-refractivity contribution is 6.32. The van der Waals surface area contributed by atoms with Gasteiger partial charge < -0.3 is 9.73 Å². The lowest BCUT2D eigenvalue weighted by molar-refractivity contribution is 0.0993. The first kappa shape index (κ1) is 20.9. The zero-order valence-corrected chi connectivity index (χ0v) is 16.1. The largest absolute Gasteiger partial charge is 0.454 e. The maximum atomic E-state index is 13.2. The number of carbonyl (C=O) groups is 1. The van der Waals surface area contributed by atoms with Crippen molar-refractivity contribution in [1.29, 1.82) is 0 Å². The van der Waals surface area contributed by atoms with Gasteiger partial charge in [-0.3, -0.25) is 14.2 Å². The highest BCUT2D eigenvalue weighted by atomic mass is 35.5. The summed E-state index contributed by atoms with van der Waals surface area (Å²) in [6.07, 6.45) is -4.72. The Hall–Kier alpha value is -2.82. The summed E-state index contributed by atoms with van der Waals surface area (Å²) in [6.45, 7) is 3.92. The van der Waals surface area contributed by atoms with E-state index in [1.165, 1.54) is 18.3 Å². The molecule has 0 bridgehead atoms. The van der Waals surface area contributed by atoms with Gasteiger partial charge in [-0.25, -0.2) is 17.6 Å². The van der Waals surface area contributed by atoms with Crippen LogP contribution in [0.4, 0.5) is 23.2 Å². The van der Waals surface area contributed by atoms with Crippen LogP contribution in [-0.4, -0.2) is 25.5 Å². The molecule has 0 aliphatic rings. The predicted molar refractivity (Wildman–Crippen MR) is 95.6 cm³/mol. The average Bonchev–Trinajstić information content (AvgIpc) is 3.34. The molecule has 0 aliphatic heterocycles. The Morgan fingerprint density at radius 2 is 1.97 bits per heavy atom. The standard InChI is InChI=1S/C17H16ClF4N5O2/c1-3-26-8(2)10(6-23-26)24-17(28)11-5-4-9(29-11)7-27-14(16(21)22)12(18)13(25-27)15(19)20/h4-6,15-16H,3,7H2,1-2H3,(H,24,28). The van der Waals surface area contributed by atoms with Gasteiger partial charge in [0.25, 0.3) is 18.8 Å². The van der Waals surface area contributed by atoms with E-state index in [9.17, 15) is 22.4 Å². The number of halogens is 5. The molecule has 29 heavy (non-hydrogen) atoms. The highest BCUT2D eigenvalue weighted by Crippen LogP contribution is 2.35. The van der Waals surface area contributed by atoms with Crippen molar-refractivity contribution in [2.75, 3.05) is 5.32 Å². The van der Waals surface area contributed by atoms with Crippen molar-refractivity contribution in [2.24, 2.45) is 0 Å². The number of carbonyl (C=O) groups excluding carboxylic acids is 1. The molecule has 1 N–H and O–H groups in total. The first-order valence-corrected chi connectivity index (χ1v) is 8.85. The Morgan fingerprint density at radius 1 is 1.24 bits per heavy atom. The van der Waals surface area contributed by atoms with Crippen molar-refractivity contribution < 1.29 is 26.8 Å². The third-order valence-corrected chi connectivity index (χ3v) is 4.60. The van der Waals surface area contributed by atoms with E-state index in [1.54, 1.807) is 11.6 Å². The molecule has 12 heteroatoms. The van der Waals surface area contributed by atoms with Crippen LogP contribution in [0.2, 0.25) is 5.02 Å². The highest BCUT2D eigenvalue weighted by Gasteiger charge is 2.28. The second-order valence-electron chi connectivity index (χ2n) is 6.02. The summed E-state index contributed by atoms with van der Waals surface area (Å²) in [4.78, 5) is 12.3. The van der Waals surface area contributed by atoms with Crippen LogP contribution in [-0.2, 0) is 13.1 Å². The fraction of sp³-hybridized carbons (Fsp3) is 0.353. The van der Waals surface area contributed by atoms with Crippen LogP contribution in [0.1, 0.15) is 53.2 Å². The van der Waals surface area contributed by atoms with Crippen molar-refractivity contribution in [3.8, 4) is 0 Å². The molecule has 0 spiro atoms. The SMILES string of the molecule is CCn1ncc(NC(=O)c2ccc(Cn3nc(C(F)F)c(Cl)c3C(F)F)o2)c1C. The lowest BCUT2D eigenvalue weighted by Gasteiger charge is -2.05. The second-order valence-corrected chi connectivity index (χ2v) is 6.40. The van der Waals surface area contributed by atoms with Gasteiger partial charge in [-0.2, -0.15) is 10.2 Å². The summed E-state index contributed by atoms with van der Waals surface area (Å²) in [5, 5.41) is 9.41. The van der Waals surface area contributed by atoms with Crippen molar-refractivity contribution in [3.05, 3.63) is 52.0 Å². The van der Waals surface area contributed by atoms with Crippen molar-refractivity contribution in [2.45, 2.75) is 39.8 Å². The molecule has 0 unspecified atom stereocenters. The van der Waals surface area contributed by atoms with Crippen LogP contribution in [0.5, 0.6) is 0 Å². The quantitative estimate of drug-likeness (QED) is 0.541. The molecule has 3 heterocycles. The van der Waals surface area contributed by atoms with Crippen LogP contribution in [0.15, 0.2) is 22.7 Å². The van der Waals surface area contributed by atoms with E-state index in [-0.39, 0.29) is 11.5 Å². The van der Waals surface area contributed by atoms with Gasteiger partial charge >= 0.3 is 0 Å². The van der Waals surface area contributed by atoms with E-state index in [4.69, 9.17) is 16.0 Å². The van der Waals surface area contributed by atoms with E-state index in [2.05, 4.69) is 15.5 Å². The summed E-state index contributed by atoms with van der Waals surface area (Å²) < 4.78 is 60.0. The minimum atomic E-state index is -3.11. The average molecular weight is 434 g/mol. The van der Waals surface area contributed by atoms with Gasteiger partial charge in [0.2, 0.25) is 0 Å². The fourth-order valence-electron chi connectivity index (χ4n) is 2.75. The monoisotopic (exact) mass is 433 g/mol. The third-order valence-electron chi connectivity index (χ3n) is 4.21. The van der Waals surface area contributed by atoms with Gasteiger partial charge in [0.1, 0.15) is 17.1 Å². The molecular weight excluding hydrogens is 418 g/mol. The predicted octanol–water partition coefficient (Wildman–Crippen LogP) is 4.83. The Balaban J connectivity index is 1.79. The van der Waals surface area contributed by atoms with Gasteiger partial charge in [-0.05, 0) is 26.0 Å². The number of anilines is 1. The number of furan rings is 1. The number of hydrogen-bond acceptors (Lipinski definition) is 4. The molecule has 0 aromatic carbocycles. The first-order valence-electron chi connectivity index (χ1n) is 8.47. The summed E-state index contributed by atoms with van der Waals surface area (Å²) in [5.74, 6) is -0.594. The zero-order chi connectivity index (χ0) is 21.3. The van der Waals surface area contributed by atoms with E-state index in [0.29, 0.717) is 16.9 Å². The van der Waals surface area contributed by atoms with Gasteiger partial charge in [-0.1, -0.05) is 11.6 Å². The molecule has 0 fully saturated rings. The topological polar surface area (TPSA) is 77.9 Å². The van der Waals surface area contributed by atoms with Gasteiger partial charge in [-0.15, -0.1) is 0 Å². The molecule has 0 saturated heterocycles. The smallest absolute Gasteiger partial charge is 0.291 e. The zero-order valence-electron chi connectivity index (χ0n) is 15.3. The van der Waals surface area contributed by atoms with Crippen molar-refractivity contribution in [1.82, 2.24) is 19.6 Å². The minimum absolute atomic E-state index is 0.0676. The summed E-state index contributed by atoms with van der Waals surface area (Å²) >= 11 is 5.61. The molecule has 3 aromatic rings. The normalized spacial score (nSPS) is 11.6. The molecule has 7 nitrogen and oxygen atoms in total. The molecule has 0 aliphatic carbocycles. The van der Waals surface area contributed by atoms with Crippen LogP contribution in [0.25, 0.3) is 0 Å². The van der Waals surface area contributed by atoms with Crippen molar-refractivity contribution >= 4 is 23.2 Å². The number of aromatic nitrogens is 4. The second kappa shape index (κ2) is 8.27. The Morgan fingerprint density at radius 3 is 2.55 bits per heavy atom. The number of nitrogens with zero attached hydrogens (tertiary/aromatic N) is 4. The summed E-state index contributed by atoms with van der Waals surface area (Å²) in [7, 11) is 0. The molecule has 1 amide bonds. The Labute approximate surface area is 167 Å². The molecule has 0 radical (unpaired) electrons. The Kier molecular flexibility index (Phi) is 5.96. The lowest BCUT2D eigenvalue weighted by atomic mass is 10.3. The molecule has 3 aromatic heterocycles. The maximum absolute atomic E-state index is 13.2. The van der Waals surface area contributed by atoms with E-state index < -0.39 is 41.7 Å². The number of aryl methyl sites for hydroxylation is 1. The summed E-state index contributed by atoms with van der Waals surface area (Å²) in [6, 6.07) is 2.70. The molecule has 0 saturated carbocycles. The van der Waals surface area contributed by atoms with Crippen LogP contribution < -0.4 is 5.32 Å². The van der Waals surface area contributed by atoms with Crippen LogP contribution in [0, 0.1) is 6.92 Å². The van der Waals surface area contributed by atoms with Crippen molar-refractivity contribution in [3.63, 3.8) is 0 Å². The first-order chi connectivity index (χ1) is 13.7. The molecular formula is C17H16ClF4N5O2. The number of rotatable bonds is 7. The third kappa shape index (κ3) is 4.14. The van der Waals surface area contributed by atoms with Crippen LogP contribution >= 0.6 is 11.6 Å². The van der Waals surface area contributed by atoms with E-state index in [1.807, 2.05) is 6.92 Å². The number of hydrogen-bond donors (Lipinski definition) is 1. The van der Waals surface area contributed by atoms with Gasteiger partial charge in [0.05, 0.1) is 29.1 Å². The van der Waals surface area contributed by atoms with Gasteiger partial charge in [0.15, 0.2) is 5.76 Å². The lowest BCUT2D eigenvalue weighted by Crippen LogP contribution is -2.12. The van der Waals surface area contributed by atoms with E-state index in [0.717, 1.165) is 5.69 Å². The fourth-order valence-corrected chi connectivity index (χ4v) is 3.05. The van der Waals surface area contributed by atoms with Gasteiger partial charge in [0, 0.05) is 6.54 Å². The molecule has 0 atom stereocenters. The number of nitrogens with one attached hydrogen (secondary N) is 1. The summed E-state index contributed by atoms with van der Waals surface area (Å²) in [5.41, 5.74) is -0.531. The van der Waals surface area contributed by atoms with E-state index >= 15 is 0 Å².